The lowest BCUT2D eigenvalue weighted by Gasteiger charge is -2.13. The molecule has 20 heavy (non-hydrogen) atoms. The van der Waals surface area contributed by atoms with Crippen LogP contribution in [-0.2, 0) is 13.0 Å². The maximum atomic E-state index is 5.92. The van der Waals surface area contributed by atoms with Crippen LogP contribution >= 0.6 is 0 Å². The first-order valence-electron chi connectivity index (χ1n) is 6.89. The molecule has 0 amide bonds. The molecule has 1 aliphatic rings. The van der Waals surface area contributed by atoms with Gasteiger partial charge in [-0.1, -0.05) is 24.3 Å². The second-order valence-electron chi connectivity index (χ2n) is 5.08. The number of aryl methyl sites for hydroxylation is 1. The number of para-hydroxylation sites is 1. The number of ether oxygens (including phenoxy) is 1. The van der Waals surface area contributed by atoms with Crippen LogP contribution in [0.5, 0.6) is 5.75 Å². The van der Waals surface area contributed by atoms with Crippen LogP contribution in [0.2, 0.25) is 0 Å². The summed E-state index contributed by atoms with van der Waals surface area (Å²) in [5.41, 5.74) is 2.29. The Morgan fingerprint density at radius 3 is 3.15 bits per heavy atom. The first-order chi connectivity index (χ1) is 9.76. The van der Waals surface area contributed by atoms with E-state index < -0.39 is 0 Å². The van der Waals surface area contributed by atoms with Crippen LogP contribution in [-0.4, -0.2) is 22.2 Å². The van der Waals surface area contributed by atoms with Gasteiger partial charge in [0, 0.05) is 19.2 Å². The Morgan fingerprint density at radius 1 is 1.50 bits per heavy atom. The Bertz CT molecular complexity index is 593. The van der Waals surface area contributed by atoms with E-state index in [4.69, 9.17) is 4.74 Å². The fraction of sp³-hybridized carbons (Fsp3) is 0.312. The lowest BCUT2D eigenvalue weighted by atomic mass is 10.1. The molecule has 0 radical (unpaired) electrons. The molecule has 4 nitrogen and oxygen atoms in total. The minimum absolute atomic E-state index is 0.168. The fourth-order valence-corrected chi connectivity index (χ4v) is 2.54. The molecule has 4 heteroatoms. The van der Waals surface area contributed by atoms with E-state index >= 15 is 0 Å². The molecule has 104 valence electrons. The number of nitrogens with one attached hydrogen (secondary N) is 1. The Hall–Kier alpha value is -2.23. The zero-order valence-corrected chi connectivity index (χ0v) is 11.7. The average molecular weight is 269 g/mol. The number of hydrogen-bond donors (Lipinski definition) is 1. The molecule has 1 unspecified atom stereocenters. The molecule has 3 rings (SSSR count). The number of fused-ring (bicyclic) bond motifs is 1. The maximum absolute atomic E-state index is 5.92. The monoisotopic (exact) mass is 269 g/mol. The molecule has 0 spiro atoms. The summed E-state index contributed by atoms with van der Waals surface area (Å²) in [5, 5.41) is 3.37. The quantitative estimate of drug-likeness (QED) is 0.848. The van der Waals surface area contributed by atoms with Crippen LogP contribution in [0.4, 0.5) is 5.95 Å². The SMILES string of the molecule is C=CCn1cc(C)nc1NCC1Cc2ccccc2O1. The van der Waals surface area contributed by atoms with Crippen molar-refractivity contribution in [2.45, 2.75) is 26.0 Å². The van der Waals surface area contributed by atoms with E-state index in [9.17, 15) is 0 Å². The predicted molar refractivity (Wildman–Crippen MR) is 80.2 cm³/mol. The number of aromatic nitrogens is 2. The van der Waals surface area contributed by atoms with Crippen molar-refractivity contribution in [1.29, 1.82) is 0 Å². The molecule has 0 fully saturated rings. The minimum Gasteiger partial charge on any atom is -0.488 e. The van der Waals surface area contributed by atoms with Crippen molar-refractivity contribution in [2.24, 2.45) is 0 Å². The van der Waals surface area contributed by atoms with Crippen LogP contribution in [0, 0.1) is 6.92 Å². The lowest BCUT2D eigenvalue weighted by molar-refractivity contribution is 0.246. The smallest absolute Gasteiger partial charge is 0.203 e. The van der Waals surface area contributed by atoms with E-state index in [0.717, 1.165) is 36.9 Å². The van der Waals surface area contributed by atoms with Gasteiger partial charge < -0.3 is 14.6 Å². The number of allylic oxidation sites excluding steroid dienone is 1. The van der Waals surface area contributed by atoms with Gasteiger partial charge in [-0.2, -0.15) is 0 Å². The van der Waals surface area contributed by atoms with Crippen LogP contribution in [0.3, 0.4) is 0 Å². The second-order valence-corrected chi connectivity index (χ2v) is 5.08. The van der Waals surface area contributed by atoms with Gasteiger partial charge in [0.2, 0.25) is 5.95 Å². The third-order valence-electron chi connectivity index (χ3n) is 3.42. The molecule has 0 bridgehead atoms. The Labute approximate surface area is 119 Å². The highest BCUT2D eigenvalue weighted by Crippen LogP contribution is 2.28. The number of benzene rings is 1. The normalized spacial score (nSPS) is 16.6. The average Bonchev–Trinajstić information content (AvgIpc) is 3.00. The van der Waals surface area contributed by atoms with Crippen molar-refractivity contribution in [1.82, 2.24) is 9.55 Å². The molecule has 1 N–H and O–H groups in total. The number of nitrogens with zero attached hydrogens (tertiary/aromatic N) is 2. The van der Waals surface area contributed by atoms with Crippen LogP contribution in [0.15, 0.2) is 43.1 Å². The lowest BCUT2D eigenvalue weighted by Crippen LogP contribution is -2.25. The summed E-state index contributed by atoms with van der Waals surface area (Å²) < 4.78 is 7.98. The third-order valence-corrected chi connectivity index (χ3v) is 3.42. The Morgan fingerprint density at radius 2 is 2.35 bits per heavy atom. The summed E-state index contributed by atoms with van der Waals surface area (Å²) in [6.45, 7) is 7.27. The molecule has 0 saturated heterocycles. The van der Waals surface area contributed by atoms with Crippen molar-refractivity contribution >= 4 is 5.95 Å². The number of hydrogen-bond acceptors (Lipinski definition) is 3. The zero-order chi connectivity index (χ0) is 13.9. The van der Waals surface area contributed by atoms with E-state index in [2.05, 4.69) is 33.6 Å². The van der Waals surface area contributed by atoms with Crippen molar-refractivity contribution < 1.29 is 4.74 Å². The number of rotatable bonds is 5. The Balaban J connectivity index is 1.62. The first kappa shape index (κ1) is 12.8. The predicted octanol–water partition coefficient (Wildman–Crippen LogP) is 2.79. The largest absolute Gasteiger partial charge is 0.488 e. The summed E-state index contributed by atoms with van der Waals surface area (Å²) in [4.78, 5) is 4.49. The molecule has 2 heterocycles. The highest BCUT2D eigenvalue weighted by atomic mass is 16.5. The van der Waals surface area contributed by atoms with E-state index in [1.807, 2.05) is 31.3 Å². The molecule has 1 aromatic carbocycles. The summed E-state index contributed by atoms with van der Waals surface area (Å²) in [6.07, 6.45) is 5.01. The van der Waals surface area contributed by atoms with Gasteiger partial charge in [-0.25, -0.2) is 4.98 Å². The van der Waals surface area contributed by atoms with Gasteiger partial charge in [-0.3, -0.25) is 0 Å². The molecular weight excluding hydrogens is 250 g/mol. The minimum atomic E-state index is 0.168. The summed E-state index contributed by atoms with van der Waals surface area (Å²) in [7, 11) is 0. The fourth-order valence-electron chi connectivity index (χ4n) is 2.54. The van der Waals surface area contributed by atoms with Crippen molar-refractivity contribution in [3.63, 3.8) is 0 Å². The summed E-state index contributed by atoms with van der Waals surface area (Å²) in [5.74, 6) is 1.88. The topological polar surface area (TPSA) is 39.1 Å². The van der Waals surface area contributed by atoms with Crippen LogP contribution in [0.25, 0.3) is 0 Å². The molecule has 1 atom stereocenters. The molecular formula is C16H19N3O. The molecule has 0 saturated carbocycles. The Kier molecular flexibility index (Phi) is 3.46. The molecule has 2 aromatic rings. The summed E-state index contributed by atoms with van der Waals surface area (Å²) in [6, 6.07) is 8.21. The highest BCUT2D eigenvalue weighted by molar-refractivity contribution is 5.38. The summed E-state index contributed by atoms with van der Waals surface area (Å²) >= 11 is 0. The zero-order valence-electron chi connectivity index (χ0n) is 11.7. The van der Waals surface area contributed by atoms with Gasteiger partial charge in [0.05, 0.1) is 12.2 Å². The maximum Gasteiger partial charge on any atom is 0.203 e. The number of imidazole rings is 1. The van der Waals surface area contributed by atoms with Crippen molar-refractivity contribution in [3.8, 4) is 5.75 Å². The van der Waals surface area contributed by atoms with E-state index in [-0.39, 0.29) is 6.10 Å². The van der Waals surface area contributed by atoms with Crippen LogP contribution < -0.4 is 10.1 Å². The number of anilines is 1. The van der Waals surface area contributed by atoms with E-state index in [1.54, 1.807) is 0 Å². The standard InChI is InChI=1S/C16H19N3O/c1-3-8-19-11-12(2)18-16(19)17-10-14-9-13-6-4-5-7-15(13)20-14/h3-7,11,14H,1,8-10H2,2H3,(H,17,18). The van der Waals surface area contributed by atoms with E-state index in [0.29, 0.717) is 0 Å². The second kappa shape index (κ2) is 5.41. The van der Waals surface area contributed by atoms with Gasteiger partial charge in [0.1, 0.15) is 11.9 Å². The van der Waals surface area contributed by atoms with Gasteiger partial charge in [0.15, 0.2) is 0 Å². The molecule has 1 aromatic heterocycles. The first-order valence-corrected chi connectivity index (χ1v) is 6.89. The van der Waals surface area contributed by atoms with Crippen molar-refractivity contribution in [3.05, 3.63) is 54.4 Å². The van der Waals surface area contributed by atoms with Crippen LogP contribution in [0.1, 0.15) is 11.3 Å². The van der Waals surface area contributed by atoms with Gasteiger partial charge >= 0.3 is 0 Å². The van der Waals surface area contributed by atoms with Crippen molar-refractivity contribution in [2.75, 3.05) is 11.9 Å². The van der Waals surface area contributed by atoms with Gasteiger partial charge in [0.25, 0.3) is 0 Å². The molecule has 1 aliphatic heterocycles. The van der Waals surface area contributed by atoms with Gasteiger partial charge in [-0.05, 0) is 18.6 Å². The van der Waals surface area contributed by atoms with E-state index in [1.165, 1.54) is 5.56 Å². The highest BCUT2D eigenvalue weighted by Gasteiger charge is 2.22. The molecule has 0 aliphatic carbocycles. The third kappa shape index (κ3) is 2.54. The van der Waals surface area contributed by atoms with Gasteiger partial charge in [-0.15, -0.1) is 6.58 Å².